The lowest BCUT2D eigenvalue weighted by molar-refractivity contribution is 0.0671. The topological polar surface area (TPSA) is 86.7 Å². The minimum absolute atomic E-state index is 0.152. The summed E-state index contributed by atoms with van der Waals surface area (Å²) in [7, 11) is 0. The van der Waals surface area contributed by atoms with E-state index < -0.39 is 0 Å². The molecule has 2 aromatic rings. The molecule has 0 saturated carbocycles. The maximum Gasteiger partial charge on any atom is 0.261 e. The number of nitrogens with zero attached hydrogens (tertiary/aromatic N) is 5. The minimum Gasteiger partial charge on any atom is -0.337 e. The lowest BCUT2D eigenvalue weighted by Crippen LogP contribution is -2.49. The molecular weight excluding hydrogens is 358 g/mol. The van der Waals surface area contributed by atoms with E-state index in [1.54, 1.807) is 35.5 Å². The summed E-state index contributed by atoms with van der Waals surface area (Å²) < 4.78 is 0. The summed E-state index contributed by atoms with van der Waals surface area (Å²) in [5, 5.41) is 0. The number of amides is 3. The van der Waals surface area contributed by atoms with Crippen LogP contribution < -0.4 is 4.90 Å². The first kappa shape index (κ1) is 17.8. The van der Waals surface area contributed by atoms with Crippen LogP contribution in [0.3, 0.4) is 0 Å². The number of fused-ring (bicyclic) bond motifs is 1. The molecule has 8 heteroatoms. The SMILES string of the molecule is C=CCN1C(=O)c2ccc(C(=O)N3CCN(c4ncccn4)CC3)cc2C1=O. The molecule has 0 aliphatic carbocycles. The Morgan fingerprint density at radius 2 is 1.71 bits per heavy atom. The molecule has 3 amide bonds. The normalized spacial score (nSPS) is 16.4. The van der Waals surface area contributed by atoms with Crippen LogP contribution in [0.2, 0.25) is 0 Å². The first-order valence-electron chi connectivity index (χ1n) is 9.02. The number of piperazine rings is 1. The van der Waals surface area contributed by atoms with Gasteiger partial charge in [-0.3, -0.25) is 19.3 Å². The summed E-state index contributed by atoms with van der Waals surface area (Å²) in [5.74, 6) is -0.242. The van der Waals surface area contributed by atoms with Crippen LogP contribution in [0.15, 0.2) is 49.3 Å². The highest BCUT2D eigenvalue weighted by Gasteiger charge is 2.35. The van der Waals surface area contributed by atoms with Crippen molar-refractivity contribution in [3.63, 3.8) is 0 Å². The minimum atomic E-state index is -0.388. The smallest absolute Gasteiger partial charge is 0.261 e. The van der Waals surface area contributed by atoms with E-state index in [4.69, 9.17) is 0 Å². The molecule has 1 aromatic carbocycles. The van der Waals surface area contributed by atoms with Gasteiger partial charge in [0.15, 0.2) is 0 Å². The Bertz CT molecular complexity index is 952. The van der Waals surface area contributed by atoms with Gasteiger partial charge in [-0.15, -0.1) is 6.58 Å². The van der Waals surface area contributed by atoms with Gasteiger partial charge in [0.1, 0.15) is 0 Å². The van der Waals surface area contributed by atoms with Crippen molar-refractivity contribution in [3.8, 4) is 0 Å². The van der Waals surface area contributed by atoms with Crippen LogP contribution in [0.4, 0.5) is 5.95 Å². The largest absolute Gasteiger partial charge is 0.337 e. The van der Waals surface area contributed by atoms with Gasteiger partial charge in [0.25, 0.3) is 17.7 Å². The fourth-order valence-electron chi connectivity index (χ4n) is 3.47. The van der Waals surface area contributed by atoms with Gasteiger partial charge in [-0.05, 0) is 24.3 Å². The van der Waals surface area contributed by atoms with Gasteiger partial charge in [0.05, 0.1) is 11.1 Å². The lowest BCUT2D eigenvalue weighted by Gasteiger charge is -2.34. The molecule has 1 fully saturated rings. The highest BCUT2D eigenvalue weighted by Crippen LogP contribution is 2.25. The molecule has 0 N–H and O–H groups in total. The molecular formula is C20H19N5O3. The van der Waals surface area contributed by atoms with E-state index in [0.717, 1.165) is 4.90 Å². The van der Waals surface area contributed by atoms with Gasteiger partial charge < -0.3 is 9.80 Å². The number of carbonyl (C=O) groups is 3. The monoisotopic (exact) mass is 377 g/mol. The van der Waals surface area contributed by atoms with Gasteiger partial charge >= 0.3 is 0 Å². The molecule has 1 saturated heterocycles. The number of anilines is 1. The van der Waals surface area contributed by atoms with Crippen LogP contribution >= 0.6 is 0 Å². The number of imide groups is 1. The Hall–Kier alpha value is -3.55. The zero-order valence-electron chi connectivity index (χ0n) is 15.2. The average molecular weight is 377 g/mol. The van der Waals surface area contributed by atoms with E-state index in [1.165, 1.54) is 12.1 Å². The summed E-state index contributed by atoms with van der Waals surface area (Å²) in [6.45, 7) is 6.05. The summed E-state index contributed by atoms with van der Waals surface area (Å²) >= 11 is 0. The van der Waals surface area contributed by atoms with E-state index in [-0.39, 0.29) is 29.8 Å². The van der Waals surface area contributed by atoms with Crippen LogP contribution in [0.25, 0.3) is 0 Å². The van der Waals surface area contributed by atoms with Gasteiger partial charge in [-0.2, -0.15) is 0 Å². The van der Waals surface area contributed by atoms with Crippen LogP contribution in [0.5, 0.6) is 0 Å². The second kappa shape index (κ2) is 7.22. The Balaban J connectivity index is 1.48. The summed E-state index contributed by atoms with van der Waals surface area (Å²) in [6, 6.07) is 6.45. The molecule has 28 heavy (non-hydrogen) atoms. The first-order valence-corrected chi connectivity index (χ1v) is 9.02. The van der Waals surface area contributed by atoms with E-state index in [1.807, 2.05) is 4.90 Å². The lowest BCUT2D eigenvalue weighted by atomic mass is 10.0. The average Bonchev–Trinajstić information content (AvgIpc) is 2.99. The van der Waals surface area contributed by atoms with Crippen molar-refractivity contribution in [3.05, 3.63) is 66.0 Å². The standard InChI is InChI=1S/C20H19N5O3/c1-2-8-25-18(27)15-5-4-14(13-16(15)19(25)28)17(26)23-9-11-24(12-10-23)20-21-6-3-7-22-20/h2-7,13H,1,8-12H2. The van der Waals surface area contributed by atoms with E-state index in [0.29, 0.717) is 43.3 Å². The number of benzene rings is 1. The third-order valence-electron chi connectivity index (χ3n) is 4.93. The summed E-state index contributed by atoms with van der Waals surface area (Å²) in [6.07, 6.45) is 4.89. The fraction of sp³-hybridized carbons (Fsp3) is 0.250. The number of aromatic nitrogens is 2. The highest BCUT2D eigenvalue weighted by molar-refractivity contribution is 6.22. The van der Waals surface area contributed by atoms with E-state index >= 15 is 0 Å². The molecule has 3 heterocycles. The molecule has 0 spiro atoms. The Labute approximate surface area is 162 Å². The van der Waals surface area contributed by atoms with Crippen molar-refractivity contribution in [1.82, 2.24) is 19.8 Å². The predicted molar refractivity (Wildman–Crippen MR) is 102 cm³/mol. The molecule has 142 valence electrons. The molecule has 0 unspecified atom stereocenters. The quantitative estimate of drug-likeness (QED) is 0.588. The third kappa shape index (κ3) is 3.02. The maximum absolute atomic E-state index is 12.9. The molecule has 4 rings (SSSR count). The van der Waals surface area contributed by atoms with Crippen LogP contribution in [-0.4, -0.2) is 70.2 Å². The molecule has 1 aromatic heterocycles. The first-order chi connectivity index (χ1) is 13.6. The molecule has 0 bridgehead atoms. The van der Waals surface area contributed by atoms with Gasteiger partial charge in [0.2, 0.25) is 5.95 Å². The molecule has 8 nitrogen and oxygen atoms in total. The second-order valence-electron chi connectivity index (χ2n) is 6.60. The summed E-state index contributed by atoms with van der Waals surface area (Å²) in [5.41, 5.74) is 1.01. The number of carbonyl (C=O) groups excluding carboxylic acids is 3. The Morgan fingerprint density at radius 1 is 1.04 bits per heavy atom. The van der Waals surface area contributed by atoms with E-state index in [9.17, 15) is 14.4 Å². The van der Waals surface area contributed by atoms with Crippen molar-refractivity contribution in [2.75, 3.05) is 37.6 Å². The molecule has 0 radical (unpaired) electrons. The molecule has 2 aliphatic heterocycles. The Kier molecular flexibility index (Phi) is 4.60. The van der Waals surface area contributed by atoms with Crippen LogP contribution in [0.1, 0.15) is 31.1 Å². The zero-order chi connectivity index (χ0) is 19.7. The number of hydrogen-bond donors (Lipinski definition) is 0. The number of rotatable bonds is 4. The van der Waals surface area contributed by atoms with Crippen molar-refractivity contribution in [1.29, 1.82) is 0 Å². The van der Waals surface area contributed by atoms with Gasteiger partial charge in [0, 0.05) is 50.7 Å². The predicted octanol–water partition coefficient (Wildman–Crippen LogP) is 1.22. The summed E-state index contributed by atoms with van der Waals surface area (Å²) in [4.78, 5) is 51.0. The highest BCUT2D eigenvalue weighted by atomic mass is 16.2. The number of hydrogen-bond acceptors (Lipinski definition) is 6. The van der Waals surface area contributed by atoms with Crippen molar-refractivity contribution in [2.45, 2.75) is 0 Å². The van der Waals surface area contributed by atoms with Crippen molar-refractivity contribution >= 4 is 23.7 Å². The second-order valence-corrected chi connectivity index (χ2v) is 6.60. The zero-order valence-corrected chi connectivity index (χ0v) is 15.2. The molecule has 0 atom stereocenters. The third-order valence-corrected chi connectivity index (χ3v) is 4.93. The fourth-order valence-corrected chi connectivity index (χ4v) is 3.47. The molecule has 2 aliphatic rings. The van der Waals surface area contributed by atoms with Gasteiger partial charge in [-0.1, -0.05) is 6.08 Å². The van der Waals surface area contributed by atoms with Crippen LogP contribution in [0, 0.1) is 0 Å². The van der Waals surface area contributed by atoms with Gasteiger partial charge in [-0.25, -0.2) is 9.97 Å². The maximum atomic E-state index is 12.9. The van der Waals surface area contributed by atoms with E-state index in [2.05, 4.69) is 16.5 Å². The van der Waals surface area contributed by atoms with Crippen molar-refractivity contribution in [2.24, 2.45) is 0 Å². The Morgan fingerprint density at radius 3 is 2.39 bits per heavy atom. The van der Waals surface area contributed by atoms with Crippen LogP contribution in [-0.2, 0) is 0 Å². The van der Waals surface area contributed by atoms with Crippen molar-refractivity contribution < 1.29 is 14.4 Å².